The normalized spacial score (nSPS) is 23.8. The molecule has 0 radical (unpaired) electrons. The molecule has 0 aromatic rings. The Hall–Kier alpha value is -1.32. The van der Waals surface area contributed by atoms with E-state index in [1.807, 2.05) is 6.92 Å². The van der Waals surface area contributed by atoms with Crippen LogP contribution in [-0.2, 0) is 9.59 Å². The molecule has 1 fully saturated rings. The topological polar surface area (TPSA) is 49.4 Å². The molecule has 1 saturated heterocycles. The van der Waals surface area contributed by atoms with E-state index >= 15 is 0 Å². The first-order chi connectivity index (χ1) is 6.15. The number of rotatable bonds is 2. The lowest BCUT2D eigenvalue weighted by Gasteiger charge is -2.24. The minimum atomic E-state index is -0.0626. The Labute approximate surface area is 77.6 Å². The van der Waals surface area contributed by atoms with Gasteiger partial charge >= 0.3 is 0 Å². The lowest BCUT2D eigenvalue weighted by Crippen LogP contribution is -2.39. The zero-order chi connectivity index (χ0) is 9.84. The highest BCUT2D eigenvalue weighted by Crippen LogP contribution is 2.07. The number of hydrogen-bond acceptors (Lipinski definition) is 2. The molecule has 0 spiro atoms. The first-order valence-electron chi connectivity index (χ1n) is 4.32. The van der Waals surface area contributed by atoms with Gasteiger partial charge in [-0.25, -0.2) is 0 Å². The van der Waals surface area contributed by atoms with E-state index in [1.54, 1.807) is 11.0 Å². The third-order valence-corrected chi connectivity index (χ3v) is 2.10. The van der Waals surface area contributed by atoms with Gasteiger partial charge in [0.1, 0.15) is 0 Å². The van der Waals surface area contributed by atoms with Gasteiger partial charge in [0.25, 0.3) is 0 Å². The Bertz CT molecular complexity index is 238. The van der Waals surface area contributed by atoms with E-state index in [1.165, 1.54) is 0 Å². The van der Waals surface area contributed by atoms with Crippen LogP contribution in [-0.4, -0.2) is 35.8 Å². The summed E-state index contributed by atoms with van der Waals surface area (Å²) in [4.78, 5) is 24.2. The molecule has 0 aliphatic carbocycles. The van der Waals surface area contributed by atoms with E-state index in [9.17, 15) is 9.59 Å². The molecule has 1 heterocycles. The summed E-state index contributed by atoms with van der Waals surface area (Å²) in [5.41, 5.74) is 0. The maximum atomic E-state index is 11.4. The fourth-order valence-electron chi connectivity index (χ4n) is 1.39. The Morgan fingerprint density at radius 1 is 1.69 bits per heavy atom. The van der Waals surface area contributed by atoms with Gasteiger partial charge in [-0.2, -0.15) is 0 Å². The Morgan fingerprint density at radius 3 is 3.00 bits per heavy atom. The quantitative estimate of drug-likeness (QED) is 0.607. The van der Waals surface area contributed by atoms with Gasteiger partial charge in [-0.15, -0.1) is 6.58 Å². The van der Waals surface area contributed by atoms with Crippen LogP contribution in [0, 0.1) is 0 Å². The summed E-state index contributed by atoms with van der Waals surface area (Å²) in [5, 5.41) is 2.55. The highest BCUT2D eigenvalue weighted by molar-refractivity contribution is 5.87. The minimum absolute atomic E-state index is 0.0343. The average molecular weight is 182 g/mol. The summed E-state index contributed by atoms with van der Waals surface area (Å²) in [6, 6.07) is -0.0343. The van der Waals surface area contributed by atoms with Crippen molar-refractivity contribution in [2.75, 3.05) is 13.1 Å². The molecule has 1 N–H and O–H groups in total. The number of carbonyl (C=O) groups is 2. The Balaban J connectivity index is 2.72. The smallest absolute Gasteiger partial charge is 0.242 e. The number of hydrogen-bond donors (Lipinski definition) is 1. The van der Waals surface area contributed by atoms with Gasteiger partial charge in [0, 0.05) is 19.0 Å². The van der Waals surface area contributed by atoms with E-state index in [0.29, 0.717) is 13.0 Å². The van der Waals surface area contributed by atoms with Crippen molar-refractivity contribution in [3.8, 4) is 0 Å². The van der Waals surface area contributed by atoms with Crippen molar-refractivity contribution in [1.29, 1.82) is 0 Å². The van der Waals surface area contributed by atoms with E-state index in [2.05, 4.69) is 11.9 Å². The van der Waals surface area contributed by atoms with E-state index in [-0.39, 0.29) is 24.4 Å². The molecule has 2 amide bonds. The second kappa shape index (κ2) is 4.07. The number of carbonyl (C=O) groups excluding carboxylic acids is 2. The molecular weight excluding hydrogens is 168 g/mol. The van der Waals surface area contributed by atoms with Crippen LogP contribution in [0.5, 0.6) is 0 Å². The molecule has 0 aromatic heterocycles. The van der Waals surface area contributed by atoms with Crippen molar-refractivity contribution in [3.63, 3.8) is 0 Å². The van der Waals surface area contributed by atoms with Crippen LogP contribution >= 0.6 is 0 Å². The highest BCUT2D eigenvalue weighted by Gasteiger charge is 2.24. The molecular formula is C9H14N2O2. The maximum Gasteiger partial charge on any atom is 0.242 e. The van der Waals surface area contributed by atoms with Crippen LogP contribution < -0.4 is 5.32 Å². The summed E-state index contributed by atoms with van der Waals surface area (Å²) >= 11 is 0. The molecule has 4 nitrogen and oxygen atoms in total. The fourth-order valence-corrected chi connectivity index (χ4v) is 1.39. The van der Waals surface area contributed by atoms with Gasteiger partial charge in [0.15, 0.2) is 0 Å². The van der Waals surface area contributed by atoms with Crippen LogP contribution in [0.4, 0.5) is 0 Å². The third kappa shape index (κ3) is 2.31. The van der Waals surface area contributed by atoms with E-state index in [0.717, 1.165) is 0 Å². The molecule has 72 valence electrons. The summed E-state index contributed by atoms with van der Waals surface area (Å²) in [6.45, 7) is 6.06. The second-order valence-corrected chi connectivity index (χ2v) is 3.16. The molecule has 0 aromatic carbocycles. The van der Waals surface area contributed by atoms with Gasteiger partial charge in [-0.05, 0) is 6.92 Å². The molecule has 0 bridgehead atoms. The highest BCUT2D eigenvalue weighted by atomic mass is 16.2. The first-order valence-corrected chi connectivity index (χ1v) is 4.32. The molecule has 4 heteroatoms. The van der Waals surface area contributed by atoms with Gasteiger partial charge < -0.3 is 10.2 Å². The molecule has 0 saturated carbocycles. The monoisotopic (exact) mass is 182 g/mol. The van der Waals surface area contributed by atoms with Crippen LogP contribution in [0.2, 0.25) is 0 Å². The molecule has 13 heavy (non-hydrogen) atoms. The largest absolute Gasteiger partial charge is 0.347 e. The summed E-state index contributed by atoms with van der Waals surface area (Å²) < 4.78 is 0. The molecule has 1 aliphatic heterocycles. The summed E-state index contributed by atoms with van der Waals surface area (Å²) in [6.07, 6.45) is 2.05. The zero-order valence-electron chi connectivity index (χ0n) is 7.75. The minimum Gasteiger partial charge on any atom is -0.347 e. The van der Waals surface area contributed by atoms with Crippen LogP contribution in [0.3, 0.4) is 0 Å². The van der Waals surface area contributed by atoms with Crippen molar-refractivity contribution in [1.82, 2.24) is 10.2 Å². The molecule has 1 rings (SSSR count). The predicted octanol–water partition coefficient (Wildman–Crippen LogP) is -0.0906. The zero-order valence-corrected chi connectivity index (χ0v) is 7.75. The Kier molecular flexibility index (Phi) is 3.06. The standard InChI is InChI=1S/C9H14N2O2/c1-3-4-11-7(2)5-8(12)10-6-9(11)13/h3,7H,1,4-6H2,2H3,(H,10,12)/t7-/m1/s1. The summed E-state index contributed by atoms with van der Waals surface area (Å²) in [5.74, 6) is -0.106. The second-order valence-electron chi connectivity index (χ2n) is 3.16. The summed E-state index contributed by atoms with van der Waals surface area (Å²) in [7, 11) is 0. The SMILES string of the molecule is C=CCN1C(=O)CNC(=O)C[C@H]1C. The number of nitrogens with one attached hydrogen (secondary N) is 1. The lowest BCUT2D eigenvalue weighted by molar-refractivity contribution is -0.130. The molecule has 1 aliphatic rings. The van der Waals surface area contributed by atoms with Crippen molar-refractivity contribution in [3.05, 3.63) is 12.7 Å². The van der Waals surface area contributed by atoms with E-state index < -0.39 is 0 Å². The van der Waals surface area contributed by atoms with E-state index in [4.69, 9.17) is 0 Å². The lowest BCUT2D eigenvalue weighted by atomic mass is 10.2. The number of amides is 2. The van der Waals surface area contributed by atoms with Gasteiger partial charge in [0.2, 0.25) is 11.8 Å². The molecule has 1 atom stereocenters. The van der Waals surface area contributed by atoms with Crippen LogP contribution in [0.1, 0.15) is 13.3 Å². The van der Waals surface area contributed by atoms with Crippen molar-refractivity contribution >= 4 is 11.8 Å². The van der Waals surface area contributed by atoms with Crippen molar-refractivity contribution < 1.29 is 9.59 Å². The fraction of sp³-hybridized carbons (Fsp3) is 0.556. The van der Waals surface area contributed by atoms with Crippen molar-refractivity contribution in [2.24, 2.45) is 0 Å². The Morgan fingerprint density at radius 2 is 2.38 bits per heavy atom. The molecule has 0 unspecified atom stereocenters. The first kappa shape index (κ1) is 9.77. The average Bonchev–Trinajstić information content (AvgIpc) is 2.19. The van der Waals surface area contributed by atoms with Gasteiger partial charge in [0.05, 0.1) is 6.54 Å². The third-order valence-electron chi connectivity index (χ3n) is 2.10. The van der Waals surface area contributed by atoms with Crippen LogP contribution in [0.25, 0.3) is 0 Å². The predicted molar refractivity (Wildman–Crippen MR) is 49.0 cm³/mol. The van der Waals surface area contributed by atoms with Gasteiger partial charge in [-0.1, -0.05) is 6.08 Å². The van der Waals surface area contributed by atoms with Gasteiger partial charge in [-0.3, -0.25) is 9.59 Å². The number of nitrogens with zero attached hydrogens (tertiary/aromatic N) is 1. The van der Waals surface area contributed by atoms with Crippen LogP contribution in [0.15, 0.2) is 12.7 Å². The maximum absolute atomic E-state index is 11.4. The van der Waals surface area contributed by atoms with Crippen molar-refractivity contribution in [2.45, 2.75) is 19.4 Å².